The molecule has 3 heterocycles. The minimum absolute atomic E-state index is 0.0344. The van der Waals surface area contributed by atoms with Crippen LogP contribution in [0.3, 0.4) is 0 Å². The minimum Gasteiger partial charge on any atom is -0.387 e. The van der Waals surface area contributed by atoms with Crippen LogP contribution in [-0.2, 0) is 0 Å². The van der Waals surface area contributed by atoms with Crippen LogP contribution in [0.25, 0.3) is 4.96 Å². The van der Waals surface area contributed by atoms with Crippen molar-refractivity contribution < 1.29 is 9.90 Å². The van der Waals surface area contributed by atoms with E-state index in [1.807, 2.05) is 17.7 Å². The molecular formula is C14H13N3O3S2. The van der Waals surface area contributed by atoms with E-state index in [1.54, 1.807) is 12.3 Å². The van der Waals surface area contributed by atoms with E-state index in [9.17, 15) is 14.7 Å². The van der Waals surface area contributed by atoms with Crippen LogP contribution < -0.4 is 10.9 Å². The zero-order valence-electron chi connectivity index (χ0n) is 11.6. The summed E-state index contributed by atoms with van der Waals surface area (Å²) >= 11 is 2.85. The van der Waals surface area contributed by atoms with E-state index in [4.69, 9.17) is 0 Å². The number of fused-ring (bicyclic) bond motifs is 1. The first-order valence-corrected chi connectivity index (χ1v) is 8.28. The van der Waals surface area contributed by atoms with Gasteiger partial charge in [-0.2, -0.15) is 11.3 Å². The summed E-state index contributed by atoms with van der Waals surface area (Å²) in [5, 5.41) is 16.2. The quantitative estimate of drug-likeness (QED) is 0.758. The molecule has 0 fully saturated rings. The van der Waals surface area contributed by atoms with Crippen molar-refractivity contribution in [2.24, 2.45) is 0 Å². The Morgan fingerprint density at radius 1 is 1.55 bits per heavy atom. The molecule has 114 valence electrons. The first kappa shape index (κ1) is 14.9. The summed E-state index contributed by atoms with van der Waals surface area (Å²) in [5.74, 6) is -0.537. The molecule has 0 spiro atoms. The van der Waals surface area contributed by atoms with Crippen LogP contribution in [0.1, 0.15) is 26.9 Å². The van der Waals surface area contributed by atoms with Crippen molar-refractivity contribution in [3.63, 3.8) is 0 Å². The largest absolute Gasteiger partial charge is 0.387 e. The van der Waals surface area contributed by atoms with E-state index in [0.29, 0.717) is 4.96 Å². The van der Waals surface area contributed by atoms with Crippen LogP contribution in [0.5, 0.6) is 0 Å². The van der Waals surface area contributed by atoms with Crippen molar-refractivity contribution in [2.45, 2.75) is 13.0 Å². The number of rotatable bonds is 4. The first-order chi connectivity index (χ1) is 10.6. The van der Waals surface area contributed by atoms with Gasteiger partial charge in [-0.3, -0.25) is 14.0 Å². The van der Waals surface area contributed by atoms with Crippen LogP contribution in [0, 0.1) is 6.92 Å². The van der Waals surface area contributed by atoms with Gasteiger partial charge in [-0.05, 0) is 29.3 Å². The lowest BCUT2D eigenvalue weighted by molar-refractivity contribution is 0.0914. The molecule has 1 unspecified atom stereocenters. The third kappa shape index (κ3) is 2.80. The molecule has 1 atom stereocenters. The van der Waals surface area contributed by atoms with Crippen molar-refractivity contribution in [3.05, 3.63) is 55.6 Å². The number of nitrogens with one attached hydrogen (secondary N) is 1. The normalized spacial score (nSPS) is 12.5. The molecule has 0 aliphatic heterocycles. The molecule has 2 N–H and O–H groups in total. The summed E-state index contributed by atoms with van der Waals surface area (Å²) in [5.41, 5.74) is 0.300. The maximum atomic E-state index is 12.3. The molecule has 0 bridgehead atoms. The number of aliphatic hydroxyl groups is 1. The van der Waals surface area contributed by atoms with E-state index in [1.165, 1.54) is 33.3 Å². The number of hydrogen-bond donors (Lipinski definition) is 2. The molecule has 3 aromatic heterocycles. The van der Waals surface area contributed by atoms with Crippen molar-refractivity contribution in [1.29, 1.82) is 0 Å². The monoisotopic (exact) mass is 335 g/mol. The van der Waals surface area contributed by atoms with Gasteiger partial charge in [-0.1, -0.05) is 0 Å². The number of amides is 1. The zero-order chi connectivity index (χ0) is 15.7. The Hall–Kier alpha value is -2.03. The lowest BCUT2D eigenvalue weighted by atomic mass is 10.2. The number of aryl methyl sites for hydroxylation is 1. The smallest absolute Gasteiger partial charge is 0.271 e. The highest BCUT2D eigenvalue weighted by Crippen LogP contribution is 2.15. The van der Waals surface area contributed by atoms with Crippen LogP contribution in [0.15, 0.2) is 34.0 Å². The predicted octanol–water partition coefficient (Wildman–Crippen LogP) is 1.59. The number of aliphatic hydroxyl groups excluding tert-OH is 1. The fourth-order valence-electron chi connectivity index (χ4n) is 2.02. The number of hydrogen-bond acceptors (Lipinski definition) is 6. The van der Waals surface area contributed by atoms with Gasteiger partial charge in [0, 0.05) is 23.8 Å². The third-order valence-electron chi connectivity index (χ3n) is 3.15. The Bertz CT molecular complexity index is 867. The maximum Gasteiger partial charge on any atom is 0.271 e. The molecule has 0 aliphatic carbocycles. The number of thiophene rings is 1. The zero-order valence-corrected chi connectivity index (χ0v) is 13.3. The number of carbonyl (C=O) groups is 1. The minimum atomic E-state index is -0.793. The summed E-state index contributed by atoms with van der Waals surface area (Å²) < 4.78 is 1.37. The molecule has 0 aromatic carbocycles. The standard InChI is InChI=1S/C14H13N3O3S2/c1-8-6-17-13(20)10(4-16-14(17)22-8)12(19)15-5-11(18)9-2-3-21-7-9/h2-4,6-7,11,18H,5H2,1H3,(H,15,19). The highest BCUT2D eigenvalue weighted by molar-refractivity contribution is 7.16. The van der Waals surface area contributed by atoms with Crippen LogP contribution in [0.2, 0.25) is 0 Å². The van der Waals surface area contributed by atoms with Crippen LogP contribution in [0.4, 0.5) is 0 Å². The summed E-state index contributed by atoms with van der Waals surface area (Å²) in [4.78, 5) is 30.0. The topological polar surface area (TPSA) is 83.7 Å². The first-order valence-electron chi connectivity index (χ1n) is 6.52. The number of aromatic nitrogens is 2. The van der Waals surface area contributed by atoms with Gasteiger partial charge in [0.05, 0.1) is 6.10 Å². The molecule has 3 aromatic rings. The second-order valence-electron chi connectivity index (χ2n) is 4.75. The van der Waals surface area contributed by atoms with Crippen LogP contribution >= 0.6 is 22.7 Å². The predicted molar refractivity (Wildman–Crippen MR) is 85.7 cm³/mol. The second kappa shape index (κ2) is 5.99. The molecule has 0 saturated carbocycles. The lowest BCUT2D eigenvalue weighted by Crippen LogP contribution is -2.33. The third-order valence-corrected chi connectivity index (χ3v) is 4.76. The average Bonchev–Trinajstić information content (AvgIpc) is 3.13. The molecule has 8 heteroatoms. The Labute approximate surface area is 133 Å². The molecule has 6 nitrogen and oxygen atoms in total. The van der Waals surface area contributed by atoms with Gasteiger partial charge in [-0.25, -0.2) is 4.98 Å². The average molecular weight is 335 g/mol. The summed E-state index contributed by atoms with van der Waals surface area (Å²) in [6, 6.07) is 1.79. The van der Waals surface area contributed by atoms with E-state index in [0.717, 1.165) is 10.4 Å². The van der Waals surface area contributed by atoms with E-state index < -0.39 is 17.6 Å². The van der Waals surface area contributed by atoms with Crippen molar-refractivity contribution in [3.8, 4) is 0 Å². The highest BCUT2D eigenvalue weighted by atomic mass is 32.1. The van der Waals surface area contributed by atoms with Crippen LogP contribution in [-0.4, -0.2) is 26.9 Å². The molecule has 22 heavy (non-hydrogen) atoms. The lowest BCUT2D eigenvalue weighted by Gasteiger charge is -2.10. The van der Waals surface area contributed by atoms with Gasteiger partial charge in [0.15, 0.2) is 4.96 Å². The van der Waals surface area contributed by atoms with Crippen molar-refractivity contribution in [1.82, 2.24) is 14.7 Å². The van der Waals surface area contributed by atoms with Gasteiger partial charge < -0.3 is 10.4 Å². The van der Waals surface area contributed by atoms with E-state index in [2.05, 4.69) is 10.3 Å². The number of nitrogens with zero attached hydrogens (tertiary/aromatic N) is 2. The molecule has 0 saturated heterocycles. The fourth-order valence-corrected chi connectivity index (χ4v) is 3.51. The second-order valence-corrected chi connectivity index (χ2v) is 6.75. The van der Waals surface area contributed by atoms with Crippen molar-refractivity contribution in [2.75, 3.05) is 6.54 Å². The highest BCUT2D eigenvalue weighted by Gasteiger charge is 2.16. The van der Waals surface area contributed by atoms with Gasteiger partial charge in [0.1, 0.15) is 5.56 Å². The molecular weight excluding hydrogens is 322 g/mol. The van der Waals surface area contributed by atoms with E-state index >= 15 is 0 Å². The van der Waals surface area contributed by atoms with Gasteiger partial charge in [-0.15, -0.1) is 11.3 Å². The van der Waals surface area contributed by atoms with Gasteiger partial charge in [0.25, 0.3) is 11.5 Å². The Morgan fingerprint density at radius 3 is 3.09 bits per heavy atom. The number of thiazole rings is 1. The molecule has 0 aliphatic rings. The SMILES string of the molecule is Cc1cn2c(=O)c(C(=O)NCC(O)c3ccsc3)cnc2s1. The maximum absolute atomic E-state index is 12.3. The van der Waals surface area contributed by atoms with Gasteiger partial charge in [0.2, 0.25) is 0 Å². The molecule has 1 amide bonds. The van der Waals surface area contributed by atoms with Crippen molar-refractivity contribution >= 4 is 33.5 Å². The fraction of sp³-hybridized carbons (Fsp3) is 0.214. The van der Waals surface area contributed by atoms with Gasteiger partial charge >= 0.3 is 0 Å². The summed E-state index contributed by atoms with van der Waals surface area (Å²) in [6.45, 7) is 1.91. The molecule has 3 rings (SSSR count). The Kier molecular flexibility index (Phi) is 4.06. The van der Waals surface area contributed by atoms with E-state index in [-0.39, 0.29) is 12.1 Å². The molecule has 0 radical (unpaired) electrons. The number of carbonyl (C=O) groups excluding carboxylic acids is 1. The Morgan fingerprint density at radius 2 is 2.36 bits per heavy atom. The summed E-state index contributed by atoms with van der Waals surface area (Å²) in [7, 11) is 0. The Balaban J connectivity index is 1.78. The summed E-state index contributed by atoms with van der Waals surface area (Å²) in [6.07, 6.45) is 2.14.